The molecule has 0 aliphatic heterocycles. The summed E-state index contributed by atoms with van der Waals surface area (Å²) in [6, 6.07) is 8.03. The molecule has 2 aromatic heterocycles. The van der Waals surface area contributed by atoms with Gasteiger partial charge >= 0.3 is 5.91 Å². The Kier molecular flexibility index (Phi) is 10.9. The summed E-state index contributed by atoms with van der Waals surface area (Å²) in [4.78, 5) is 28.3. The van der Waals surface area contributed by atoms with Gasteiger partial charge in [0.25, 0.3) is 12.4 Å². The summed E-state index contributed by atoms with van der Waals surface area (Å²) in [6.45, 7) is 7.46. The first-order chi connectivity index (χ1) is 18.9. The lowest BCUT2D eigenvalue weighted by atomic mass is 9.98. The third kappa shape index (κ3) is 7.18. The molecular weight excluding hydrogens is 560 g/mol. The first-order valence-electron chi connectivity index (χ1n) is 13.5. The number of amides is 1. The van der Waals surface area contributed by atoms with E-state index in [4.69, 9.17) is 19.6 Å². The Morgan fingerprint density at radius 3 is 2.46 bits per heavy atom. The van der Waals surface area contributed by atoms with Crippen molar-refractivity contribution < 1.29 is 19.4 Å². The molecule has 8 nitrogen and oxygen atoms in total. The van der Waals surface area contributed by atoms with Crippen LogP contribution in [0, 0.1) is 18.8 Å². The second-order valence-corrected chi connectivity index (χ2v) is 10.3. The van der Waals surface area contributed by atoms with Crippen LogP contribution in [-0.2, 0) is 16.6 Å². The summed E-state index contributed by atoms with van der Waals surface area (Å²) in [5.41, 5.74) is 4.61. The van der Waals surface area contributed by atoms with E-state index in [0.29, 0.717) is 23.1 Å². The minimum Gasteiger partial charge on any atom is -0.483 e. The molecule has 39 heavy (non-hydrogen) atoms. The summed E-state index contributed by atoms with van der Waals surface area (Å²) in [5, 5.41) is 11.5. The third-order valence-corrected chi connectivity index (χ3v) is 7.57. The molecule has 0 saturated heterocycles. The fourth-order valence-electron chi connectivity index (χ4n) is 4.74. The number of carbonyl (C=O) groups is 2. The average molecular weight is 598 g/mol. The van der Waals surface area contributed by atoms with Gasteiger partial charge in [-0.3, -0.25) is 19.2 Å². The number of carbonyl (C=O) groups excluding carboxylic acids is 1. The molecule has 2 aliphatic rings. The molecule has 0 unspecified atom stereocenters. The molecule has 3 aromatic rings. The summed E-state index contributed by atoms with van der Waals surface area (Å²) < 4.78 is 9.15. The normalized spacial score (nSPS) is 14.6. The molecule has 5 rings (SSSR count). The van der Waals surface area contributed by atoms with Crippen LogP contribution in [0.25, 0.3) is 11.0 Å². The summed E-state index contributed by atoms with van der Waals surface area (Å²) in [7, 11) is 1.90. The smallest absolute Gasteiger partial charge is 0.308 e. The van der Waals surface area contributed by atoms with E-state index in [9.17, 15) is 4.79 Å². The number of ether oxygens (including phenoxy) is 1. The number of nitrogens with zero attached hydrogens (tertiary/aromatic N) is 4. The summed E-state index contributed by atoms with van der Waals surface area (Å²) >= 11 is 3.67. The van der Waals surface area contributed by atoms with E-state index >= 15 is 0 Å². The van der Waals surface area contributed by atoms with Crippen molar-refractivity contribution >= 4 is 50.8 Å². The standard InChI is InChI=1S/C27H29BrN4O2.C2H6.CH2O2/c1-4-8-25(33)32(23-15-17(2)21(28)16-20(23)18-11-12-18)24-14-13-22-26(29-24)27(30-31(22)3)34-19-9-6-5-7-10-19;1-2;2-1-3/h13-16,18-19H,5-7,9-12H2,1-3H3;1-2H3;1H,(H,2,3). The van der Waals surface area contributed by atoms with Gasteiger partial charge in [-0.15, -0.1) is 5.10 Å². The van der Waals surface area contributed by atoms with Gasteiger partial charge in [0.1, 0.15) is 11.9 Å². The number of rotatable bonds is 5. The average Bonchev–Trinajstić information content (AvgIpc) is 3.73. The predicted octanol–water partition coefficient (Wildman–Crippen LogP) is 7.04. The molecule has 0 spiro atoms. The van der Waals surface area contributed by atoms with Crippen LogP contribution >= 0.6 is 15.9 Å². The van der Waals surface area contributed by atoms with E-state index in [1.54, 1.807) is 16.5 Å². The Balaban J connectivity index is 0.000000787. The Labute approximate surface area is 238 Å². The molecule has 208 valence electrons. The van der Waals surface area contributed by atoms with Crippen molar-refractivity contribution in [1.82, 2.24) is 14.8 Å². The topological polar surface area (TPSA) is 97.6 Å². The lowest BCUT2D eigenvalue weighted by Crippen LogP contribution is -2.26. The van der Waals surface area contributed by atoms with Gasteiger partial charge in [0.05, 0.1) is 11.2 Å². The van der Waals surface area contributed by atoms with Crippen molar-refractivity contribution in [2.24, 2.45) is 7.05 Å². The van der Waals surface area contributed by atoms with E-state index in [2.05, 4.69) is 45.0 Å². The van der Waals surface area contributed by atoms with Crippen LogP contribution in [0.15, 0.2) is 28.7 Å². The zero-order valence-corrected chi connectivity index (χ0v) is 24.9. The minimum atomic E-state index is -0.295. The maximum Gasteiger partial charge on any atom is 0.308 e. The first kappa shape index (κ1) is 30.2. The van der Waals surface area contributed by atoms with Crippen LogP contribution in [0.2, 0.25) is 0 Å². The lowest BCUT2D eigenvalue weighted by molar-refractivity contribution is -0.122. The van der Waals surface area contributed by atoms with Crippen LogP contribution in [0.1, 0.15) is 82.8 Å². The SMILES string of the molecule is CC.CC#CC(=O)N(c1ccc2c(n1)c(OC1CCCCC1)nn2C)c1cc(C)c(Br)cc1C1CC1.O=CO. The molecule has 0 radical (unpaired) electrons. The minimum absolute atomic E-state index is 0.164. The second kappa shape index (κ2) is 14.1. The van der Waals surface area contributed by atoms with Crippen LogP contribution in [0.5, 0.6) is 5.88 Å². The van der Waals surface area contributed by atoms with Crippen LogP contribution in [0.3, 0.4) is 0 Å². The van der Waals surface area contributed by atoms with Crippen LogP contribution < -0.4 is 9.64 Å². The number of hydrogen-bond acceptors (Lipinski definition) is 5. The third-order valence-electron chi connectivity index (χ3n) is 6.71. The van der Waals surface area contributed by atoms with Gasteiger partial charge < -0.3 is 9.84 Å². The molecule has 1 amide bonds. The number of hydrogen-bond donors (Lipinski definition) is 1. The molecule has 2 aliphatic carbocycles. The quantitative estimate of drug-likeness (QED) is 0.250. The number of pyridine rings is 1. The second-order valence-electron chi connectivity index (χ2n) is 9.40. The molecular formula is C30H37BrN4O4. The molecule has 2 fully saturated rings. The number of aryl methyl sites for hydroxylation is 2. The molecule has 1 aromatic carbocycles. The number of anilines is 2. The van der Waals surface area contributed by atoms with Gasteiger partial charge in [-0.2, -0.15) is 0 Å². The highest BCUT2D eigenvalue weighted by Crippen LogP contribution is 2.47. The van der Waals surface area contributed by atoms with Crippen molar-refractivity contribution in [3.8, 4) is 17.7 Å². The van der Waals surface area contributed by atoms with Crippen LogP contribution in [0.4, 0.5) is 11.5 Å². The molecule has 9 heteroatoms. The number of halogens is 1. The van der Waals surface area contributed by atoms with Crippen molar-refractivity contribution in [3.63, 3.8) is 0 Å². The van der Waals surface area contributed by atoms with E-state index in [1.165, 1.54) is 19.3 Å². The van der Waals surface area contributed by atoms with Crippen molar-refractivity contribution in [2.45, 2.75) is 84.7 Å². The number of aromatic nitrogens is 3. The maximum atomic E-state index is 13.3. The predicted molar refractivity (Wildman–Crippen MR) is 158 cm³/mol. The Bertz CT molecular complexity index is 1360. The summed E-state index contributed by atoms with van der Waals surface area (Å²) in [6.07, 6.45) is 8.11. The fraction of sp³-hybridized carbons (Fsp3) is 0.467. The zero-order chi connectivity index (χ0) is 28.5. The molecule has 1 N–H and O–H groups in total. The zero-order valence-electron chi connectivity index (χ0n) is 23.3. The van der Waals surface area contributed by atoms with E-state index in [1.807, 2.05) is 40.0 Å². The molecule has 2 heterocycles. The van der Waals surface area contributed by atoms with Gasteiger partial charge in [-0.1, -0.05) is 42.1 Å². The van der Waals surface area contributed by atoms with Gasteiger partial charge in [0.2, 0.25) is 0 Å². The van der Waals surface area contributed by atoms with E-state index in [0.717, 1.165) is 52.5 Å². The van der Waals surface area contributed by atoms with Crippen molar-refractivity contribution in [2.75, 3.05) is 4.90 Å². The van der Waals surface area contributed by atoms with Gasteiger partial charge in [-0.25, -0.2) is 4.98 Å². The monoisotopic (exact) mass is 596 g/mol. The van der Waals surface area contributed by atoms with Crippen molar-refractivity contribution in [1.29, 1.82) is 0 Å². The van der Waals surface area contributed by atoms with Gasteiger partial charge in [0, 0.05) is 11.5 Å². The van der Waals surface area contributed by atoms with Crippen molar-refractivity contribution in [3.05, 3.63) is 39.9 Å². The highest BCUT2D eigenvalue weighted by Gasteiger charge is 2.31. The van der Waals surface area contributed by atoms with Gasteiger partial charge in [0.15, 0.2) is 5.52 Å². The molecule has 2 saturated carbocycles. The number of benzene rings is 1. The Hall–Kier alpha value is -3.38. The summed E-state index contributed by atoms with van der Waals surface area (Å²) in [5.74, 6) is 6.72. The van der Waals surface area contributed by atoms with Crippen LogP contribution in [-0.4, -0.2) is 38.4 Å². The van der Waals surface area contributed by atoms with E-state index < -0.39 is 0 Å². The Morgan fingerprint density at radius 1 is 1.18 bits per heavy atom. The highest BCUT2D eigenvalue weighted by molar-refractivity contribution is 9.10. The highest BCUT2D eigenvalue weighted by atomic mass is 79.9. The number of carboxylic acid groups (broad SMARTS) is 1. The largest absolute Gasteiger partial charge is 0.483 e. The van der Waals surface area contributed by atoms with E-state index in [-0.39, 0.29) is 18.5 Å². The number of fused-ring (bicyclic) bond motifs is 1. The lowest BCUT2D eigenvalue weighted by Gasteiger charge is -2.24. The Morgan fingerprint density at radius 2 is 1.85 bits per heavy atom. The molecule has 0 atom stereocenters. The fourth-order valence-corrected chi connectivity index (χ4v) is 5.10. The maximum absolute atomic E-state index is 13.3. The molecule has 0 bridgehead atoms. The van der Waals surface area contributed by atoms with Gasteiger partial charge in [-0.05, 0) is 99.6 Å². The first-order valence-corrected chi connectivity index (χ1v) is 14.3.